The van der Waals surface area contributed by atoms with Crippen LogP contribution in [0.1, 0.15) is 20.8 Å². The molecule has 19 heavy (non-hydrogen) atoms. The first-order chi connectivity index (χ1) is 8.96. The Balaban J connectivity index is 2.24. The molecule has 0 fully saturated rings. The zero-order valence-corrected chi connectivity index (χ0v) is 11.6. The molecule has 0 saturated carbocycles. The Kier molecular flexibility index (Phi) is 3.76. The van der Waals surface area contributed by atoms with Gasteiger partial charge in [0, 0.05) is 6.07 Å². The number of hydrogen-bond donors (Lipinski definition) is 1. The average molecular weight is 256 g/mol. The minimum absolute atomic E-state index is 0.217. The highest BCUT2D eigenvalue weighted by molar-refractivity contribution is 5.62. The van der Waals surface area contributed by atoms with Crippen molar-refractivity contribution in [3.63, 3.8) is 0 Å². The Labute approximate surface area is 114 Å². The Hall–Kier alpha value is -2.00. The number of hydrazine groups is 1. The van der Waals surface area contributed by atoms with Gasteiger partial charge in [-0.3, -0.25) is 5.01 Å². The van der Waals surface area contributed by atoms with Crippen molar-refractivity contribution in [2.75, 3.05) is 5.01 Å². The van der Waals surface area contributed by atoms with Crippen LogP contribution in [-0.4, -0.2) is 5.60 Å². The predicted octanol–water partition coefficient (Wildman–Crippen LogP) is 3.88. The summed E-state index contributed by atoms with van der Waals surface area (Å²) >= 11 is 0. The second kappa shape index (κ2) is 5.33. The second-order valence-electron chi connectivity index (χ2n) is 5.42. The number of anilines is 2. The molecule has 2 aromatic carbocycles. The highest BCUT2D eigenvalue weighted by Gasteiger charge is 2.12. The first-order valence-electron chi connectivity index (χ1n) is 6.35. The molecule has 0 amide bonds. The molecule has 0 radical (unpaired) electrons. The van der Waals surface area contributed by atoms with E-state index in [1.165, 1.54) is 0 Å². The highest BCUT2D eigenvalue weighted by Crippen LogP contribution is 2.27. The van der Waals surface area contributed by atoms with Crippen molar-refractivity contribution in [2.45, 2.75) is 26.4 Å². The molecule has 0 aliphatic rings. The normalized spacial score (nSPS) is 11.2. The molecule has 3 nitrogen and oxygen atoms in total. The van der Waals surface area contributed by atoms with Crippen LogP contribution in [0.5, 0.6) is 5.75 Å². The summed E-state index contributed by atoms with van der Waals surface area (Å²) in [6, 6.07) is 17.6. The van der Waals surface area contributed by atoms with Gasteiger partial charge in [-0.1, -0.05) is 24.3 Å². The van der Waals surface area contributed by atoms with E-state index >= 15 is 0 Å². The first-order valence-corrected chi connectivity index (χ1v) is 6.35. The molecule has 0 aliphatic heterocycles. The standard InChI is InChI=1S/C16H20N2O/c1-16(2,3)19-15-11-7-10-14(12-15)18(17)13-8-5-4-6-9-13/h4-12H,17H2,1-3H3. The average Bonchev–Trinajstić information content (AvgIpc) is 2.37. The van der Waals surface area contributed by atoms with E-state index in [0.717, 1.165) is 17.1 Å². The molecule has 2 N–H and O–H groups in total. The highest BCUT2D eigenvalue weighted by atomic mass is 16.5. The molecular weight excluding hydrogens is 236 g/mol. The lowest BCUT2D eigenvalue weighted by molar-refractivity contribution is 0.131. The fourth-order valence-electron chi connectivity index (χ4n) is 1.79. The van der Waals surface area contributed by atoms with Crippen molar-refractivity contribution in [2.24, 2.45) is 5.84 Å². The fourth-order valence-corrected chi connectivity index (χ4v) is 1.79. The van der Waals surface area contributed by atoms with Crippen molar-refractivity contribution in [3.05, 3.63) is 54.6 Å². The van der Waals surface area contributed by atoms with Crippen molar-refractivity contribution in [3.8, 4) is 5.75 Å². The molecule has 2 rings (SSSR count). The van der Waals surface area contributed by atoms with Gasteiger partial charge < -0.3 is 4.74 Å². The van der Waals surface area contributed by atoms with Gasteiger partial charge in [-0.05, 0) is 45.0 Å². The number of nitrogens with zero attached hydrogens (tertiary/aromatic N) is 1. The summed E-state index contributed by atoms with van der Waals surface area (Å²) < 4.78 is 5.85. The number of benzene rings is 2. The van der Waals surface area contributed by atoms with E-state index in [1.807, 2.05) is 75.4 Å². The third-order valence-corrected chi connectivity index (χ3v) is 2.55. The van der Waals surface area contributed by atoms with Crippen LogP contribution in [0.4, 0.5) is 11.4 Å². The lowest BCUT2D eigenvalue weighted by Gasteiger charge is -2.23. The van der Waals surface area contributed by atoms with E-state index in [1.54, 1.807) is 5.01 Å². The van der Waals surface area contributed by atoms with E-state index in [0.29, 0.717) is 0 Å². The molecule has 3 heteroatoms. The summed E-state index contributed by atoms with van der Waals surface area (Å²) in [5.41, 5.74) is 1.62. The number of ether oxygens (including phenoxy) is 1. The number of nitrogens with two attached hydrogens (primary N) is 1. The van der Waals surface area contributed by atoms with E-state index in [2.05, 4.69) is 0 Å². The monoisotopic (exact) mass is 256 g/mol. The van der Waals surface area contributed by atoms with E-state index in [4.69, 9.17) is 10.6 Å². The Morgan fingerprint density at radius 1 is 0.895 bits per heavy atom. The van der Waals surface area contributed by atoms with Crippen LogP contribution in [0.15, 0.2) is 54.6 Å². The Bertz CT molecular complexity index is 532. The van der Waals surface area contributed by atoms with Gasteiger partial charge in [0.25, 0.3) is 0 Å². The Morgan fingerprint density at radius 3 is 2.16 bits per heavy atom. The van der Waals surface area contributed by atoms with Crippen LogP contribution < -0.4 is 15.6 Å². The zero-order valence-electron chi connectivity index (χ0n) is 11.6. The molecule has 0 aromatic heterocycles. The minimum atomic E-state index is -0.217. The lowest BCUT2D eigenvalue weighted by Crippen LogP contribution is -2.26. The van der Waals surface area contributed by atoms with Gasteiger partial charge in [0.1, 0.15) is 11.4 Å². The van der Waals surface area contributed by atoms with Crippen molar-refractivity contribution in [1.29, 1.82) is 0 Å². The molecular formula is C16H20N2O. The number of rotatable bonds is 3. The van der Waals surface area contributed by atoms with Crippen LogP contribution in [-0.2, 0) is 0 Å². The van der Waals surface area contributed by atoms with Gasteiger partial charge >= 0.3 is 0 Å². The SMILES string of the molecule is CC(C)(C)Oc1cccc(N(N)c2ccccc2)c1. The van der Waals surface area contributed by atoms with Crippen molar-refractivity contribution < 1.29 is 4.74 Å². The fraction of sp³-hybridized carbons (Fsp3) is 0.250. The quantitative estimate of drug-likeness (QED) is 0.669. The largest absolute Gasteiger partial charge is 0.488 e. The van der Waals surface area contributed by atoms with Crippen LogP contribution in [0.3, 0.4) is 0 Å². The minimum Gasteiger partial charge on any atom is -0.488 e. The smallest absolute Gasteiger partial charge is 0.122 e. The van der Waals surface area contributed by atoms with Gasteiger partial charge in [0.15, 0.2) is 0 Å². The van der Waals surface area contributed by atoms with Crippen molar-refractivity contribution >= 4 is 11.4 Å². The third-order valence-electron chi connectivity index (χ3n) is 2.55. The third kappa shape index (κ3) is 3.73. The van der Waals surface area contributed by atoms with Crippen LogP contribution in [0.25, 0.3) is 0 Å². The maximum absolute atomic E-state index is 6.13. The summed E-state index contributed by atoms with van der Waals surface area (Å²) in [4.78, 5) is 0. The van der Waals surface area contributed by atoms with E-state index in [-0.39, 0.29) is 5.60 Å². The zero-order chi connectivity index (χ0) is 13.9. The topological polar surface area (TPSA) is 38.5 Å². The molecule has 0 unspecified atom stereocenters. The first kappa shape index (κ1) is 13.4. The summed E-state index contributed by atoms with van der Waals surface area (Å²) in [6.45, 7) is 6.07. The predicted molar refractivity (Wildman–Crippen MR) is 79.6 cm³/mol. The summed E-state index contributed by atoms with van der Waals surface area (Å²) in [7, 11) is 0. The van der Waals surface area contributed by atoms with Crippen LogP contribution in [0, 0.1) is 0 Å². The van der Waals surface area contributed by atoms with E-state index < -0.39 is 0 Å². The maximum atomic E-state index is 6.13. The summed E-state index contributed by atoms with van der Waals surface area (Å²) in [6.07, 6.45) is 0. The molecule has 0 heterocycles. The molecule has 2 aromatic rings. The lowest BCUT2D eigenvalue weighted by atomic mass is 10.2. The number of hydrogen-bond acceptors (Lipinski definition) is 3. The van der Waals surface area contributed by atoms with Crippen LogP contribution >= 0.6 is 0 Å². The maximum Gasteiger partial charge on any atom is 0.122 e. The molecule has 100 valence electrons. The van der Waals surface area contributed by atoms with Crippen LogP contribution in [0.2, 0.25) is 0 Å². The number of para-hydroxylation sites is 1. The van der Waals surface area contributed by atoms with Gasteiger partial charge in [-0.2, -0.15) is 0 Å². The molecule has 0 saturated heterocycles. The van der Waals surface area contributed by atoms with Gasteiger partial charge in [0.05, 0.1) is 11.4 Å². The van der Waals surface area contributed by atoms with Crippen molar-refractivity contribution in [1.82, 2.24) is 0 Å². The summed E-state index contributed by atoms with van der Waals surface area (Å²) in [5, 5.41) is 1.65. The Morgan fingerprint density at radius 2 is 1.53 bits per heavy atom. The molecule has 0 bridgehead atoms. The van der Waals surface area contributed by atoms with Gasteiger partial charge in [-0.25, -0.2) is 5.84 Å². The van der Waals surface area contributed by atoms with Gasteiger partial charge in [-0.15, -0.1) is 0 Å². The van der Waals surface area contributed by atoms with E-state index in [9.17, 15) is 0 Å². The summed E-state index contributed by atoms with van der Waals surface area (Å²) in [5.74, 6) is 6.94. The molecule has 0 spiro atoms. The van der Waals surface area contributed by atoms with Gasteiger partial charge in [0.2, 0.25) is 0 Å². The second-order valence-corrected chi connectivity index (χ2v) is 5.42. The molecule has 0 aliphatic carbocycles. The molecule has 0 atom stereocenters.